The first kappa shape index (κ1) is 13.5. The van der Waals surface area contributed by atoms with Gasteiger partial charge >= 0.3 is 6.03 Å². The average molecular weight is 265 g/mol. The predicted octanol–water partition coefficient (Wildman–Crippen LogP) is 1.09. The highest BCUT2D eigenvalue weighted by atomic mass is 16.3. The van der Waals surface area contributed by atoms with Crippen molar-refractivity contribution in [1.82, 2.24) is 15.5 Å². The van der Waals surface area contributed by atoms with Gasteiger partial charge in [0.15, 0.2) is 0 Å². The van der Waals surface area contributed by atoms with Crippen LogP contribution in [0, 0.1) is 0 Å². The van der Waals surface area contributed by atoms with Crippen molar-refractivity contribution < 1.29 is 14.0 Å². The zero-order valence-electron chi connectivity index (χ0n) is 11.2. The molecule has 0 aromatic carbocycles. The molecular formula is C13H19N3O3. The number of carbonyl (C=O) groups excluding carboxylic acids is 2. The van der Waals surface area contributed by atoms with E-state index in [1.165, 1.54) is 0 Å². The van der Waals surface area contributed by atoms with Crippen molar-refractivity contribution in [1.29, 1.82) is 0 Å². The summed E-state index contributed by atoms with van der Waals surface area (Å²) in [5.74, 6) is 0.785. The summed E-state index contributed by atoms with van der Waals surface area (Å²) < 4.78 is 5.11. The Bertz CT molecular complexity index is 442. The van der Waals surface area contributed by atoms with Gasteiger partial charge in [0, 0.05) is 19.0 Å². The molecule has 1 saturated heterocycles. The van der Waals surface area contributed by atoms with Gasteiger partial charge in [0.2, 0.25) is 5.91 Å². The molecule has 1 aliphatic rings. The largest absolute Gasteiger partial charge is 0.467 e. The van der Waals surface area contributed by atoms with Gasteiger partial charge in [-0.1, -0.05) is 0 Å². The Kier molecular flexibility index (Phi) is 4.09. The molecule has 6 nitrogen and oxygen atoms in total. The van der Waals surface area contributed by atoms with Crippen LogP contribution < -0.4 is 10.6 Å². The van der Waals surface area contributed by atoms with Crippen LogP contribution >= 0.6 is 0 Å². The fourth-order valence-corrected chi connectivity index (χ4v) is 2.14. The van der Waals surface area contributed by atoms with Gasteiger partial charge in [0.05, 0.1) is 18.8 Å². The lowest BCUT2D eigenvalue weighted by Gasteiger charge is -2.21. The van der Waals surface area contributed by atoms with Crippen molar-refractivity contribution in [3.05, 3.63) is 24.2 Å². The van der Waals surface area contributed by atoms with Gasteiger partial charge in [-0.05, 0) is 26.0 Å². The van der Waals surface area contributed by atoms with Gasteiger partial charge in [-0.15, -0.1) is 0 Å². The first-order valence-corrected chi connectivity index (χ1v) is 6.42. The molecule has 2 rings (SSSR count). The number of nitrogens with zero attached hydrogens (tertiary/aromatic N) is 1. The zero-order valence-corrected chi connectivity index (χ0v) is 11.2. The van der Waals surface area contributed by atoms with Crippen molar-refractivity contribution >= 4 is 11.9 Å². The van der Waals surface area contributed by atoms with Crippen LogP contribution in [0.3, 0.4) is 0 Å². The van der Waals surface area contributed by atoms with E-state index < -0.39 is 0 Å². The first-order chi connectivity index (χ1) is 9.06. The Labute approximate surface area is 112 Å². The van der Waals surface area contributed by atoms with E-state index in [9.17, 15) is 9.59 Å². The van der Waals surface area contributed by atoms with E-state index in [2.05, 4.69) is 10.6 Å². The lowest BCUT2D eigenvalue weighted by atomic mass is 10.2. The molecule has 0 spiro atoms. The molecule has 1 aromatic rings. The van der Waals surface area contributed by atoms with Crippen LogP contribution in [0.25, 0.3) is 0 Å². The Balaban J connectivity index is 1.76. The zero-order chi connectivity index (χ0) is 13.8. The number of amides is 3. The molecule has 0 saturated carbocycles. The van der Waals surface area contributed by atoms with Gasteiger partial charge in [0.25, 0.3) is 0 Å². The summed E-state index contributed by atoms with van der Waals surface area (Å²) in [7, 11) is 0. The maximum atomic E-state index is 11.7. The van der Waals surface area contributed by atoms with Crippen LogP contribution in [0.4, 0.5) is 4.79 Å². The third-order valence-electron chi connectivity index (χ3n) is 3.12. The monoisotopic (exact) mass is 265 g/mol. The van der Waals surface area contributed by atoms with E-state index in [1.807, 2.05) is 13.8 Å². The summed E-state index contributed by atoms with van der Waals surface area (Å²) >= 11 is 0. The molecule has 1 atom stereocenters. The van der Waals surface area contributed by atoms with Gasteiger partial charge in [-0.25, -0.2) is 4.79 Å². The molecule has 1 unspecified atom stereocenters. The van der Waals surface area contributed by atoms with Crippen molar-refractivity contribution in [2.45, 2.75) is 38.9 Å². The molecule has 6 heteroatoms. The maximum absolute atomic E-state index is 11.7. The minimum absolute atomic E-state index is 0.0892. The number of carbonyl (C=O) groups is 2. The summed E-state index contributed by atoms with van der Waals surface area (Å²) in [6.07, 6.45) is 1.93. The van der Waals surface area contributed by atoms with E-state index in [4.69, 9.17) is 4.42 Å². The van der Waals surface area contributed by atoms with E-state index in [-0.39, 0.29) is 24.0 Å². The Morgan fingerprint density at radius 3 is 2.95 bits per heavy atom. The van der Waals surface area contributed by atoms with Crippen molar-refractivity contribution in [2.75, 3.05) is 6.54 Å². The van der Waals surface area contributed by atoms with E-state index in [0.717, 1.165) is 0 Å². The van der Waals surface area contributed by atoms with Crippen LogP contribution in [0.5, 0.6) is 0 Å². The summed E-state index contributed by atoms with van der Waals surface area (Å²) in [4.78, 5) is 25.2. The number of hydrogen-bond donors (Lipinski definition) is 2. The summed E-state index contributed by atoms with van der Waals surface area (Å²) in [5.41, 5.74) is 0. The highest BCUT2D eigenvalue weighted by molar-refractivity contribution is 5.81. The van der Waals surface area contributed by atoms with Crippen molar-refractivity contribution in [3.8, 4) is 0 Å². The molecule has 1 fully saturated rings. The minimum atomic E-state index is -0.278. The van der Waals surface area contributed by atoms with E-state index in [0.29, 0.717) is 25.3 Å². The number of likely N-dealkylation sites (tertiary alicyclic amines) is 1. The predicted molar refractivity (Wildman–Crippen MR) is 69.3 cm³/mol. The summed E-state index contributed by atoms with van der Waals surface area (Å²) in [5, 5.41) is 5.50. The molecule has 0 aliphatic carbocycles. The van der Waals surface area contributed by atoms with Gasteiger partial charge in [0.1, 0.15) is 5.76 Å². The Hall–Kier alpha value is -1.98. The fraction of sp³-hybridized carbons (Fsp3) is 0.538. The molecule has 2 heterocycles. The topological polar surface area (TPSA) is 74.6 Å². The van der Waals surface area contributed by atoms with Crippen LogP contribution in [0.2, 0.25) is 0 Å². The summed E-state index contributed by atoms with van der Waals surface area (Å²) in [6.45, 7) is 4.85. The second kappa shape index (κ2) is 5.77. The SMILES string of the molecule is CC(C)N1CC(NC(=O)NCc2ccco2)CC1=O. The molecule has 19 heavy (non-hydrogen) atoms. The molecule has 1 aromatic heterocycles. The standard InChI is InChI=1S/C13H19N3O3/c1-9(2)16-8-10(6-12(16)17)15-13(18)14-7-11-4-3-5-19-11/h3-5,9-10H,6-8H2,1-2H3,(H2,14,15,18). The van der Waals surface area contributed by atoms with Gasteiger partial charge in [-0.2, -0.15) is 0 Å². The van der Waals surface area contributed by atoms with Crippen molar-refractivity contribution in [3.63, 3.8) is 0 Å². The Morgan fingerprint density at radius 1 is 1.58 bits per heavy atom. The smallest absolute Gasteiger partial charge is 0.315 e. The van der Waals surface area contributed by atoms with E-state index in [1.54, 1.807) is 23.3 Å². The van der Waals surface area contributed by atoms with E-state index >= 15 is 0 Å². The molecule has 3 amide bonds. The molecule has 0 radical (unpaired) electrons. The lowest BCUT2D eigenvalue weighted by molar-refractivity contribution is -0.129. The van der Waals surface area contributed by atoms with Crippen molar-refractivity contribution in [2.24, 2.45) is 0 Å². The minimum Gasteiger partial charge on any atom is -0.467 e. The van der Waals surface area contributed by atoms with Gasteiger partial charge in [-0.3, -0.25) is 4.79 Å². The Morgan fingerprint density at radius 2 is 2.37 bits per heavy atom. The maximum Gasteiger partial charge on any atom is 0.315 e. The number of hydrogen-bond acceptors (Lipinski definition) is 3. The second-order valence-electron chi connectivity index (χ2n) is 4.95. The van der Waals surface area contributed by atoms with Gasteiger partial charge < -0.3 is 20.0 Å². The molecule has 104 valence electrons. The quantitative estimate of drug-likeness (QED) is 0.855. The van der Waals surface area contributed by atoms with Crippen LogP contribution in [-0.4, -0.2) is 35.5 Å². The highest BCUT2D eigenvalue weighted by Crippen LogP contribution is 2.14. The third kappa shape index (κ3) is 3.49. The number of nitrogens with one attached hydrogen (secondary N) is 2. The highest BCUT2D eigenvalue weighted by Gasteiger charge is 2.31. The second-order valence-corrected chi connectivity index (χ2v) is 4.95. The first-order valence-electron chi connectivity index (χ1n) is 6.42. The van der Waals surface area contributed by atoms with Crippen LogP contribution in [-0.2, 0) is 11.3 Å². The molecule has 2 N–H and O–H groups in total. The fourth-order valence-electron chi connectivity index (χ4n) is 2.14. The third-order valence-corrected chi connectivity index (χ3v) is 3.12. The molecule has 0 bridgehead atoms. The van der Waals surface area contributed by atoms with Crippen LogP contribution in [0.15, 0.2) is 22.8 Å². The number of rotatable bonds is 4. The number of urea groups is 1. The summed E-state index contributed by atoms with van der Waals surface area (Å²) in [6, 6.07) is 3.34. The van der Waals surface area contributed by atoms with Crippen LogP contribution in [0.1, 0.15) is 26.0 Å². The average Bonchev–Trinajstić information content (AvgIpc) is 2.96. The number of furan rings is 1. The normalized spacial score (nSPS) is 19.0. The molecule has 1 aliphatic heterocycles. The molecular weight excluding hydrogens is 246 g/mol. The lowest BCUT2D eigenvalue weighted by Crippen LogP contribution is -2.43.